The number of benzene rings is 2. The topological polar surface area (TPSA) is 86.8 Å². The second-order valence-electron chi connectivity index (χ2n) is 9.17. The molecule has 2 aromatic rings. The molecule has 0 aliphatic rings. The van der Waals surface area contributed by atoms with Gasteiger partial charge in [0, 0.05) is 25.6 Å². The fourth-order valence-electron chi connectivity index (χ4n) is 3.93. The van der Waals surface area contributed by atoms with Crippen LogP contribution in [0.15, 0.2) is 48.5 Å². The molecule has 0 aromatic heterocycles. The summed E-state index contributed by atoms with van der Waals surface area (Å²) in [6.45, 7) is 7.88. The maximum Gasteiger partial charge on any atom is 0.243 e. The number of nitrogens with one attached hydrogen (secondary N) is 1. The first-order valence-electron chi connectivity index (χ1n) is 12.3. The monoisotopic (exact) mass is 519 g/mol. The molecule has 36 heavy (non-hydrogen) atoms. The van der Waals surface area contributed by atoms with Crippen molar-refractivity contribution in [1.29, 1.82) is 0 Å². The lowest BCUT2D eigenvalue weighted by Gasteiger charge is -2.32. The Morgan fingerprint density at radius 3 is 2.28 bits per heavy atom. The molecular formula is C27H38FN3O4S. The zero-order valence-corrected chi connectivity index (χ0v) is 22.6. The quantitative estimate of drug-likeness (QED) is 0.425. The lowest BCUT2D eigenvalue weighted by atomic mass is 10.1. The van der Waals surface area contributed by atoms with Crippen molar-refractivity contribution < 1.29 is 22.4 Å². The van der Waals surface area contributed by atoms with Crippen LogP contribution in [0.1, 0.15) is 57.6 Å². The normalized spacial score (nSPS) is 13.1. The van der Waals surface area contributed by atoms with Crippen LogP contribution in [0.5, 0.6) is 0 Å². The predicted octanol–water partition coefficient (Wildman–Crippen LogP) is 4.40. The number of sulfonamides is 1. The Morgan fingerprint density at radius 1 is 1.06 bits per heavy atom. The Balaban J connectivity index is 2.22. The van der Waals surface area contributed by atoms with Gasteiger partial charge in [0.1, 0.15) is 11.9 Å². The van der Waals surface area contributed by atoms with E-state index in [4.69, 9.17) is 0 Å². The molecule has 2 atom stereocenters. The van der Waals surface area contributed by atoms with Gasteiger partial charge in [-0.25, -0.2) is 12.8 Å². The molecule has 9 heteroatoms. The summed E-state index contributed by atoms with van der Waals surface area (Å²) in [7, 11) is -3.55. The smallest absolute Gasteiger partial charge is 0.243 e. The van der Waals surface area contributed by atoms with Gasteiger partial charge in [-0.05, 0) is 68.5 Å². The van der Waals surface area contributed by atoms with Crippen molar-refractivity contribution in [3.8, 4) is 0 Å². The number of anilines is 1. The van der Waals surface area contributed by atoms with Crippen molar-refractivity contribution in [2.75, 3.05) is 17.1 Å². The number of rotatable bonds is 13. The van der Waals surface area contributed by atoms with Gasteiger partial charge < -0.3 is 10.2 Å². The van der Waals surface area contributed by atoms with E-state index in [1.54, 1.807) is 30.3 Å². The molecule has 0 aliphatic heterocycles. The maximum absolute atomic E-state index is 13.4. The Hall–Kier alpha value is -2.94. The third kappa shape index (κ3) is 8.62. The molecule has 2 amide bonds. The second kappa shape index (κ2) is 13.4. The molecule has 0 fully saturated rings. The van der Waals surface area contributed by atoms with Crippen molar-refractivity contribution in [3.05, 3.63) is 65.5 Å². The largest absolute Gasteiger partial charge is 0.352 e. The molecule has 7 nitrogen and oxygen atoms in total. The number of aryl methyl sites for hydroxylation is 1. The summed E-state index contributed by atoms with van der Waals surface area (Å²) in [6.07, 6.45) is 2.65. The molecule has 0 saturated heterocycles. The van der Waals surface area contributed by atoms with Gasteiger partial charge in [0.2, 0.25) is 21.8 Å². The Labute approximate surface area is 214 Å². The molecule has 0 aliphatic carbocycles. The molecule has 0 radical (unpaired) electrons. The first kappa shape index (κ1) is 29.3. The number of amides is 2. The number of hydrogen-bond acceptors (Lipinski definition) is 4. The van der Waals surface area contributed by atoms with Crippen molar-refractivity contribution in [1.82, 2.24) is 10.2 Å². The summed E-state index contributed by atoms with van der Waals surface area (Å²) in [5.41, 5.74) is 2.19. The van der Waals surface area contributed by atoms with Crippen LogP contribution in [0.4, 0.5) is 10.1 Å². The van der Waals surface area contributed by atoms with Gasteiger partial charge in [-0.1, -0.05) is 38.1 Å². The molecule has 0 heterocycles. The van der Waals surface area contributed by atoms with E-state index in [1.165, 1.54) is 21.3 Å². The standard InChI is InChI=1S/C27H38FN3O4S/c1-6-21(4)29-27(33)25(7-2)30(19-22-13-15-23(28)16-14-22)26(32)12-9-17-31(36(5,34)35)24-11-8-10-20(3)18-24/h8,10-11,13-16,18,21,25H,6-7,9,12,17,19H2,1-5H3,(H,29,33)/t21-,25+/m0/s1. The van der Waals surface area contributed by atoms with Crippen LogP contribution >= 0.6 is 0 Å². The molecular weight excluding hydrogens is 481 g/mol. The van der Waals surface area contributed by atoms with Gasteiger partial charge in [-0.3, -0.25) is 13.9 Å². The summed E-state index contributed by atoms with van der Waals surface area (Å²) in [5.74, 6) is -0.877. The number of nitrogens with zero attached hydrogens (tertiary/aromatic N) is 2. The van der Waals surface area contributed by atoms with Crippen LogP contribution in [-0.2, 0) is 26.2 Å². The fraction of sp³-hybridized carbons (Fsp3) is 0.481. The molecule has 2 rings (SSSR count). The molecule has 1 N–H and O–H groups in total. The Bertz CT molecular complexity index is 1120. The van der Waals surface area contributed by atoms with Crippen LogP contribution in [0.2, 0.25) is 0 Å². The molecule has 0 unspecified atom stereocenters. The highest BCUT2D eigenvalue weighted by Crippen LogP contribution is 2.21. The van der Waals surface area contributed by atoms with E-state index in [0.29, 0.717) is 17.7 Å². The predicted molar refractivity (Wildman–Crippen MR) is 142 cm³/mol. The fourth-order valence-corrected chi connectivity index (χ4v) is 4.89. The van der Waals surface area contributed by atoms with E-state index in [1.807, 2.05) is 33.8 Å². The molecule has 0 saturated carbocycles. The third-order valence-electron chi connectivity index (χ3n) is 6.09. The van der Waals surface area contributed by atoms with Gasteiger partial charge in [-0.2, -0.15) is 0 Å². The third-order valence-corrected chi connectivity index (χ3v) is 7.29. The van der Waals surface area contributed by atoms with Gasteiger partial charge in [0.25, 0.3) is 0 Å². The number of carbonyl (C=O) groups excluding carboxylic acids is 2. The summed E-state index contributed by atoms with van der Waals surface area (Å²) >= 11 is 0. The lowest BCUT2D eigenvalue weighted by Crippen LogP contribution is -2.50. The SMILES string of the molecule is CC[C@H](C(=O)N[C@@H](C)CC)N(Cc1ccc(F)cc1)C(=O)CCCN(c1cccc(C)c1)S(C)(=O)=O. The van der Waals surface area contributed by atoms with Gasteiger partial charge >= 0.3 is 0 Å². The number of halogens is 1. The minimum atomic E-state index is -3.55. The summed E-state index contributed by atoms with van der Waals surface area (Å²) < 4.78 is 39.6. The van der Waals surface area contributed by atoms with Crippen molar-refractivity contribution in [2.45, 2.75) is 72.0 Å². The minimum Gasteiger partial charge on any atom is -0.352 e. The number of carbonyl (C=O) groups is 2. The highest BCUT2D eigenvalue weighted by atomic mass is 32.2. The van der Waals surface area contributed by atoms with Crippen molar-refractivity contribution >= 4 is 27.5 Å². The Kier molecular flexibility index (Phi) is 10.9. The highest BCUT2D eigenvalue weighted by molar-refractivity contribution is 7.92. The summed E-state index contributed by atoms with van der Waals surface area (Å²) in [4.78, 5) is 27.9. The average Bonchev–Trinajstić information content (AvgIpc) is 2.81. The zero-order valence-electron chi connectivity index (χ0n) is 21.8. The minimum absolute atomic E-state index is 0.0352. The number of hydrogen-bond donors (Lipinski definition) is 1. The maximum atomic E-state index is 13.4. The first-order valence-corrected chi connectivity index (χ1v) is 14.2. The van der Waals surface area contributed by atoms with Crippen molar-refractivity contribution in [3.63, 3.8) is 0 Å². The van der Waals surface area contributed by atoms with Crippen LogP contribution in [-0.4, -0.2) is 50.0 Å². The first-order chi connectivity index (χ1) is 17.0. The van der Waals surface area contributed by atoms with E-state index in [0.717, 1.165) is 18.2 Å². The van der Waals surface area contributed by atoms with Crippen LogP contribution < -0.4 is 9.62 Å². The van der Waals surface area contributed by atoms with Crippen LogP contribution in [0.25, 0.3) is 0 Å². The molecule has 2 aromatic carbocycles. The van der Waals surface area contributed by atoms with E-state index in [9.17, 15) is 22.4 Å². The molecule has 198 valence electrons. The van der Waals surface area contributed by atoms with E-state index >= 15 is 0 Å². The van der Waals surface area contributed by atoms with E-state index in [-0.39, 0.29) is 49.6 Å². The average molecular weight is 520 g/mol. The van der Waals surface area contributed by atoms with Gasteiger partial charge in [-0.15, -0.1) is 0 Å². The second-order valence-corrected chi connectivity index (χ2v) is 11.1. The van der Waals surface area contributed by atoms with E-state index < -0.39 is 16.1 Å². The molecule has 0 spiro atoms. The summed E-state index contributed by atoms with van der Waals surface area (Å²) in [5, 5.41) is 2.95. The van der Waals surface area contributed by atoms with Crippen LogP contribution in [0.3, 0.4) is 0 Å². The lowest BCUT2D eigenvalue weighted by molar-refractivity contribution is -0.141. The molecule has 0 bridgehead atoms. The van der Waals surface area contributed by atoms with Gasteiger partial charge in [0.15, 0.2) is 0 Å². The summed E-state index contributed by atoms with van der Waals surface area (Å²) in [6, 6.07) is 12.3. The van der Waals surface area contributed by atoms with E-state index in [2.05, 4.69) is 5.32 Å². The zero-order chi connectivity index (χ0) is 26.9. The highest BCUT2D eigenvalue weighted by Gasteiger charge is 2.29. The Morgan fingerprint density at radius 2 is 1.72 bits per heavy atom. The van der Waals surface area contributed by atoms with Gasteiger partial charge in [0.05, 0.1) is 11.9 Å². The van der Waals surface area contributed by atoms with Crippen LogP contribution in [0, 0.1) is 12.7 Å². The van der Waals surface area contributed by atoms with Crippen molar-refractivity contribution in [2.24, 2.45) is 0 Å².